The quantitative estimate of drug-likeness (QED) is 0.0162. The van der Waals surface area contributed by atoms with Crippen molar-refractivity contribution in [3.63, 3.8) is 0 Å². The summed E-state index contributed by atoms with van der Waals surface area (Å²) in [4.78, 5) is 77.4. The van der Waals surface area contributed by atoms with Gasteiger partial charge in [-0.05, 0) is 191 Å². The Kier molecular flexibility index (Phi) is 38.0. The van der Waals surface area contributed by atoms with Crippen molar-refractivity contribution >= 4 is 226 Å². The van der Waals surface area contributed by atoms with Gasteiger partial charge in [0.2, 0.25) is 6.08 Å². The number of urea groups is 2. The van der Waals surface area contributed by atoms with Gasteiger partial charge in [-0.15, -0.1) is 0 Å². The number of aliphatic hydroxyl groups is 1. The van der Waals surface area contributed by atoms with Crippen LogP contribution in [0.15, 0.2) is 206 Å². The van der Waals surface area contributed by atoms with Gasteiger partial charge >= 0.3 is 47.1 Å². The van der Waals surface area contributed by atoms with Crippen molar-refractivity contribution in [2.24, 2.45) is 4.99 Å². The number of halogens is 9. The van der Waals surface area contributed by atoms with Gasteiger partial charge in [-0.2, -0.15) is 4.99 Å². The van der Waals surface area contributed by atoms with Crippen LogP contribution >= 0.6 is 127 Å². The first kappa shape index (κ1) is 78.7. The minimum atomic E-state index is -1.27. The molecule has 2 aliphatic rings. The SMILES string of the molecule is CC1(O)CN(c2ccc(Br)cc2)C(=O)N1c1ccc(Br)cc1.CCOC(=O)CBr.CCOC(=O)CNc1ccc(Br)cc1.Nc1ccc(Br)cc1.O=C1CN(c2ccc(Br)cc2)C(=O)N1c1ccc(Br)cc1.O=C=Nc1ccc(Br)cc1.[Br-].[CH3-].[Mg+2]. The maximum Gasteiger partial charge on any atom is 2.00 e. The Morgan fingerprint density at radius 3 is 1.34 bits per heavy atom. The molecule has 7 aromatic carbocycles. The summed E-state index contributed by atoms with van der Waals surface area (Å²) < 4.78 is 16.0. The number of isocyanates is 1. The predicted molar refractivity (Wildman–Crippen MR) is 365 cm³/mol. The first-order chi connectivity index (χ1) is 39.1. The van der Waals surface area contributed by atoms with Crippen LogP contribution in [0.2, 0.25) is 0 Å². The molecule has 5 amide bonds. The summed E-state index contributed by atoms with van der Waals surface area (Å²) in [5.74, 6) is -0.678. The van der Waals surface area contributed by atoms with Crippen LogP contribution in [0.25, 0.3) is 0 Å². The molecule has 0 aliphatic carbocycles. The van der Waals surface area contributed by atoms with Crippen molar-refractivity contribution in [2.45, 2.75) is 26.5 Å². The van der Waals surface area contributed by atoms with E-state index in [1.165, 1.54) is 20.8 Å². The molecule has 4 N–H and O–H groups in total. The Bertz CT molecular complexity index is 3210. The third-order valence-corrected chi connectivity index (χ3v) is 14.8. The molecular formula is C59H56Br9MgN7O9. The van der Waals surface area contributed by atoms with Crippen LogP contribution in [0.1, 0.15) is 20.8 Å². The van der Waals surface area contributed by atoms with E-state index < -0.39 is 5.72 Å². The average Bonchev–Trinajstić information content (AvgIpc) is 3.57. The first-order valence-corrected chi connectivity index (χ1v) is 31.0. The van der Waals surface area contributed by atoms with E-state index in [0.29, 0.717) is 41.3 Å². The Balaban J connectivity index is 0.000000532. The maximum atomic E-state index is 12.8. The number of nitrogens with one attached hydrogen (secondary N) is 1. The number of nitrogens with zero attached hydrogens (tertiary/aromatic N) is 5. The summed E-state index contributed by atoms with van der Waals surface area (Å²) in [7, 11) is 0. The van der Waals surface area contributed by atoms with E-state index in [2.05, 4.69) is 142 Å². The van der Waals surface area contributed by atoms with E-state index in [4.69, 9.17) is 10.5 Å². The van der Waals surface area contributed by atoms with Gasteiger partial charge in [-0.1, -0.05) is 127 Å². The van der Waals surface area contributed by atoms with Gasteiger partial charge in [-0.3, -0.25) is 29.1 Å². The molecular weight excluding hydrogens is 1690 g/mol. The molecule has 0 bridgehead atoms. The number of esters is 2. The predicted octanol–water partition coefficient (Wildman–Crippen LogP) is 13.4. The van der Waals surface area contributed by atoms with Crippen molar-refractivity contribution in [3.8, 4) is 0 Å². The summed E-state index contributed by atoms with van der Waals surface area (Å²) in [6.07, 6.45) is 1.46. The van der Waals surface area contributed by atoms with Crippen LogP contribution in [-0.4, -0.2) is 108 Å². The first-order valence-electron chi connectivity index (χ1n) is 24.3. The van der Waals surface area contributed by atoms with Gasteiger partial charge in [0.25, 0.3) is 5.91 Å². The van der Waals surface area contributed by atoms with E-state index in [1.54, 1.807) is 74.2 Å². The molecule has 1 unspecified atom stereocenters. The van der Waals surface area contributed by atoms with Crippen molar-refractivity contribution in [1.82, 2.24) is 0 Å². The third-order valence-electron chi connectivity index (χ3n) is 10.6. The monoisotopic (exact) mass is 1740 g/mol. The second-order valence-corrected chi connectivity index (χ2v) is 23.7. The molecule has 2 saturated heterocycles. The molecule has 446 valence electrons. The Morgan fingerprint density at radius 2 is 0.953 bits per heavy atom. The van der Waals surface area contributed by atoms with Crippen molar-refractivity contribution in [3.05, 3.63) is 209 Å². The molecule has 9 rings (SSSR count). The second kappa shape index (κ2) is 41.0. The molecule has 16 nitrogen and oxygen atoms in total. The van der Waals surface area contributed by atoms with E-state index in [1.807, 2.05) is 121 Å². The van der Waals surface area contributed by atoms with Crippen LogP contribution in [0, 0.1) is 7.43 Å². The number of alkyl halides is 1. The Morgan fingerprint density at radius 1 is 0.588 bits per heavy atom. The summed E-state index contributed by atoms with van der Waals surface area (Å²) in [5, 5.41) is 13.9. The second-order valence-electron chi connectivity index (χ2n) is 16.8. The number of anilines is 6. The molecule has 85 heavy (non-hydrogen) atoms. The molecule has 0 radical (unpaired) electrons. The van der Waals surface area contributed by atoms with E-state index >= 15 is 0 Å². The Labute approximate surface area is 589 Å². The van der Waals surface area contributed by atoms with Gasteiger partial charge in [0.1, 0.15) is 18.4 Å². The fraction of sp³-hybridized carbons (Fsp3) is 0.169. The molecule has 2 heterocycles. The van der Waals surface area contributed by atoms with Crippen LogP contribution in [0.4, 0.5) is 49.4 Å². The van der Waals surface area contributed by atoms with Crippen LogP contribution in [-0.2, 0) is 28.7 Å². The molecule has 0 spiro atoms. The van der Waals surface area contributed by atoms with Crippen molar-refractivity contribution in [1.29, 1.82) is 0 Å². The minimum Gasteiger partial charge on any atom is -1.00 e. The maximum absolute atomic E-state index is 12.8. The molecule has 2 aliphatic heterocycles. The van der Waals surface area contributed by atoms with E-state index in [0.717, 1.165) is 48.4 Å². The van der Waals surface area contributed by atoms with Crippen LogP contribution < -0.4 is 47.6 Å². The number of aliphatic imine (C=N–C) groups is 1. The fourth-order valence-corrected chi connectivity index (χ4v) is 8.93. The zero-order valence-corrected chi connectivity index (χ0v) is 61.7. The van der Waals surface area contributed by atoms with Gasteiger partial charge < -0.3 is 50.0 Å². The van der Waals surface area contributed by atoms with Crippen LogP contribution in [0.3, 0.4) is 0 Å². The molecule has 7 aromatic rings. The molecule has 26 heteroatoms. The van der Waals surface area contributed by atoms with Crippen molar-refractivity contribution in [2.75, 3.05) is 68.8 Å². The summed E-state index contributed by atoms with van der Waals surface area (Å²) >= 11 is 26.3. The van der Waals surface area contributed by atoms with Gasteiger partial charge in [0.05, 0.1) is 31.1 Å². The van der Waals surface area contributed by atoms with Gasteiger partial charge in [0.15, 0.2) is 5.72 Å². The number of carbonyl (C=O) groups is 5. The number of nitrogens with two attached hydrogens (primary N) is 1. The van der Waals surface area contributed by atoms with Gasteiger partial charge in [0, 0.05) is 59.7 Å². The summed E-state index contributed by atoms with van der Waals surface area (Å²) in [5.41, 5.74) is 9.17. The summed E-state index contributed by atoms with van der Waals surface area (Å²) in [6, 6.07) is 50.8. The number of nitrogen functional groups attached to an aromatic ring is 1. The largest absolute Gasteiger partial charge is 2.00 e. The van der Waals surface area contributed by atoms with Crippen molar-refractivity contribution < 1.29 is 60.3 Å². The molecule has 0 aromatic heterocycles. The third kappa shape index (κ3) is 27.3. The zero-order valence-electron chi connectivity index (χ0n) is 46.0. The smallest absolute Gasteiger partial charge is 1.00 e. The number of hydrogen-bond donors (Lipinski definition) is 3. The van der Waals surface area contributed by atoms with Gasteiger partial charge in [-0.25, -0.2) is 19.3 Å². The number of hydrogen-bond acceptors (Lipinski definition) is 12. The zero-order chi connectivity index (χ0) is 60.4. The van der Waals surface area contributed by atoms with E-state index in [-0.39, 0.29) is 97.0 Å². The minimum absolute atomic E-state index is 0. The number of imide groups is 1. The average molecular weight is 1750 g/mol. The Hall–Kier alpha value is -4.28. The standard InChI is InChI=1S/C16H14Br2N2O2.C15H10Br2N2O2.C10H12BrNO2.C7H4BrNO.C6H6BrN.C4H7BrO2.CH3.BrH.Mg/c1-16(22)10-19(13-6-2-11(17)3-7-13)15(21)20(16)14-8-4-12(18)5-9-14;16-10-1-5-12(6-2-10)18-9-14(20)19(15(18)21)13-7-3-11(17)4-8-13;1-2-14-10(13)7-12-9-5-3-8(11)4-6-9;8-6-1-3-7(4-2-6)9-5-10;7-5-1-3-6(8)4-2-5;1-2-7-4(6)3-5;;;/h2-9,22H,10H2,1H3;1-8H,9H2;3-6,12H,2,7H2,1H3;1-4H;1-4H,8H2;2-3H2,1H3;1H3;1H;/q;;;;;;-1;;+2/p-1. The number of amides is 5. The van der Waals surface area contributed by atoms with Crippen LogP contribution in [0.5, 0.6) is 0 Å². The van der Waals surface area contributed by atoms with E-state index in [9.17, 15) is 33.9 Å². The molecule has 1 atom stereocenters. The number of β-amino-alcohol motifs (C(OH)–C–C–N with tert-alkyl or cyclic N) is 1. The number of rotatable bonds is 11. The number of ether oxygens (including phenoxy) is 2. The normalized spacial score (nSPS) is 13.4. The molecule has 2 fully saturated rings. The fourth-order valence-electron chi connectivity index (χ4n) is 6.92. The number of benzene rings is 7. The topological polar surface area (TPSA) is 204 Å². The summed E-state index contributed by atoms with van der Waals surface area (Å²) in [6.45, 7) is 6.56. The molecule has 0 saturated carbocycles. The number of carbonyl (C=O) groups excluding carboxylic acids is 6.